The average Bonchev–Trinajstić information content (AvgIpc) is 3.14. The summed E-state index contributed by atoms with van der Waals surface area (Å²) in [7, 11) is 0. The lowest BCUT2D eigenvalue weighted by Crippen LogP contribution is -2.19. The zero-order chi connectivity index (χ0) is 22.3. The van der Waals surface area contributed by atoms with Crippen LogP contribution in [0.1, 0.15) is 65.8 Å². The molecule has 1 unspecified atom stereocenters. The molecule has 31 heavy (non-hydrogen) atoms. The number of nitrogens with one attached hydrogen (secondary N) is 1. The normalized spacial score (nSPS) is 11.3. The van der Waals surface area contributed by atoms with Crippen LogP contribution in [0, 0.1) is 10.1 Å². The zero-order valence-electron chi connectivity index (χ0n) is 16.8. The summed E-state index contributed by atoms with van der Waals surface area (Å²) < 4.78 is 1.36. The summed E-state index contributed by atoms with van der Waals surface area (Å²) in [5, 5.41) is 32.2. The predicted molar refractivity (Wildman–Crippen MR) is 109 cm³/mol. The van der Waals surface area contributed by atoms with Gasteiger partial charge in [0.05, 0.1) is 16.8 Å². The van der Waals surface area contributed by atoms with Gasteiger partial charge in [-0.25, -0.2) is 14.6 Å². The molecule has 2 rings (SSSR count). The summed E-state index contributed by atoms with van der Waals surface area (Å²) in [6, 6.07) is 2.49. The van der Waals surface area contributed by atoms with E-state index in [1.54, 1.807) is 0 Å². The van der Waals surface area contributed by atoms with Gasteiger partial charge in [-0.1, -0.05) is 38.7 Å². The van der Waals surface area contributed by atoms with Gasteiger partial charge in [0.2, 0.25) is 0 Å². The number of anilines is 1. The number of aromatic carboxylic acids is 1. The number of rotatable bonds is 11. The van der Waals surface area contributed by atoms with Crippen molar-refractivity contribution in [2.75, 3.05) is 5.32 Å². The Labute approximate surface area is 177 Å². The Morgan fingerprint density at radius 1 is 1.23 bits per heavy atom. The van der Waals surface area contributed by atoms with E-state index >= 15 is 0 Å². The van der Waals surface area contributed by atoms with Crippen molar-refractivity contribution in [2.45, 2.75) is 45.1 Å². The van der Waals surface area contributed by atoms with Crippen LogP contribution in [0.25, 0.3) is 0 Å². The molecule has 12 heteroatoms. The van der Waals surface area contributed by atoms with Gasteiger partial charge in [0, 0.05) is 12.3 Å². The maximum atomic E-state index is 12.5. The lowest BCUT2D eigenvalue weighted by Gasteiger charge is -2.13. The van der Waals surface area contributed by atoms with Crippen LogP contribution in [0.15, 0.2) is 30.7 Å². The van der Waals surface area contributed by atoms with Gasteiger partial charge in [0.25, 0.3) is 11.6 Å². The number of nitro benzene ring substituents is 1. The fourth-order valence-corrected chi connectivity index (χ4v) is 3.03. The van der Waals surface area contributed by atoms with E-state index in [4.69, 9.17) is 0 Å². The standard InChI is InChI=1S/C19H22N4O7.H2O/c1-2-3-4-5-8-14(18(25)26)22-10-15(20-11-22)21-17(24)12-7-6-9-13(23(29)30)16(12)19(27)28;/h6-7,9-11,14H,2-5,8H2,1H3,(H,21,24)(H,25,26)(H,27,28);1H2. The van der Waals surface area contributed by atoms with E-state index in [-0.39, 0.29) is 11.3 Å². The largest absolute Gasteiger partial charge is 0.480 e. The Balaban J connectivity index is 0.00000480. The van der Waals surface area contributed by atoms with Crippen LogP contribution in [0.3, 0.4) is 0 Å². The molecule has 5 N–H and O–H groups in total. The van der Waals surface area contributed by atoms with Gasteiger partial charge in [-0.15, -0.1) is 0 Å². The van der Waals surface area contributed by atoms with Crippen molar-refractivity contribution in [1.29, 1.82) is 0 Å². The van der Waals surface area contributed by atoms with Crippen LogP contribution < -0.4 is 5.32 Å². The molecule has 1 atom stereocenters. The monoisotopic (exact) mass is 436 g/mol. The number of nitrogens with zero attached hydrogens (tertiary/aromatic N) is 3. The van der Waals surface area contributed by atoms with Crippen molar-refractivity contribution in [2.24, 2.45) is 0 Å². The highest BCUT2D eigenvalue weighted by molar-refractivity contribution is 6.12. The number of carbonyl (C=O) groups is 3. The number of carbonyl (C=O) groups excluding carboxylic acids is 1. The summed E-state index contributed by atoms with van der Waals surface area (Å²) >= 11 is 0. The summed E-state index contributed by atoms with van der Waals surface area (Å²) in [5.41, 5.74) is -1.85. The summed E-state index contributed by atoms with van der Waals surface area (Å²) in [6.07, 6.45) is 6.65. The van der Waals surface area contributed by atoms with E-state index in [1.165, 1.54) is 23.2 Å². The minimum Gasteiger partial charge on any atom is -0.480 e. The molecule has 1 heterocycles. The second kappa shape index (κ2) is 11.4. The molecule has 0 fully saturated rings. The molecule has 0 spiro atoms. The highest BCUT2D eigenvalue weighted by atomic mass is 16.6. The number of carboxylic acids is 2. The molecule has 1 aromatic carbocycles. The lowest BCUT2D eigenvalue weighted by molar-refractivity contribution is -0.385. The quantitative estimate of drug-likeness (QED) is 0.271. The lowest BCUT2D eigenvalue weighted by atomic mass is 10.0. The number of aliphatic carboxylic acids is 1. The van der Waals surface area contributed by atoms with Gasteiger partial charge in [0.15, 0.2) is 5.82 Å². The first-order valence-electron chi connectivity index (χ1n) is 9.34. The predicted octanol–water partition coefficient (Wildman–Crippen LogP) is 2.51. The Bertz CT molecular complexity index is 956. The van der Waals surface area contributed by atoms with E-state index in [0.29, 0.717) is 6.42 Å². The Morgan fingerprint density at radius 2 is 1.94 bits per heavy atom. The first kappa shape index (κ1) is 25.2. The number of benzene rings is 1. The number of nitro groups is 1. The Morgan fingerprint density at radius 3 is 2.52 bits per heavy atom. The molecule has 0 saturated carbocycles. The van der Waals surface area contributed by atoms with Crippen LogP contribution >= 0.6 is 0 Å². The molecule has 2 aromatic rings. The molecule has 0 radical (unpaired) electrons. The molecule has 168 valence electrons. The molecule has 0 aliphatic rings. The Kier molecular flexibility index (Phi) is 9.28. The highest BCUT2D eigenvalue weighted by Gasteiger charge is 2.27. The van der Waals surface area contributed by atoms with E-state index in [2.05, 4.69) is 17.2 Å². The molecular weight excluding hydrogens is 412 g/mol. The topological polar surface area (TPSA) is 196 Å². The third-order valence-corrected chi connectivity index (χ3v) is 4.52. The minimum atomic E-state index is -1.61. The summed E-state index contributed by atoms with van der Waals surface area (Å²) in [4.78, 5) is 49.7. The smallest absolute Gasteiger partial charge is 0.343 e. The maximum Gasteiger partial charge on any atom is 0.343 e. The summed E-state index contributed by atoms with van der Waals surface area (Å²) in [6.45, 7) is 2.05. The summed E-state index contributed by atoms with van der Waals surface area (Å²) in [5.74, 6) is -3.55. The Hall–Kier alpha value is -3.80. The van der Waals surface area contributed by atoms with Crippen LogP contribution in [0.4, 0.5) is 11.5 Å². The van der Waals surface area contributed by atoms with Crippen LogP contribution in [0.5, 0.6) is 0 Å². The van der Waals surface area contributed by atoms with Crippen molar-refractivity contribution in [3.05, 3.63) is 52.0 Å². The number of aromatic nitrogens is 2. The molecule has 1 aromatic heterocycles. The third kappa shape index (κ3) is 6.34. The number of amides is 1. The first-order chi connectivity index (χ1) is 14.3. The van der Waals surface area contributed by atoms with Crippen molar-refractivity contribution in [1.82, 2.24) is 9.55 Å². The van der Waals surface area contributed by atoms with Crippen molar-refractivity contribution < 1.29 is 35.0 Å². The van der Waals surface area contributed by atoms with Crippen LogP contribution in [-0.4, -0.2) is 48.0 Å². The number of hydrogen-bond donors (Lipinski definition) is 3. The number of hydrogen-bond acceptors (Lipinski definition) is 6. The van der Waals surface area contributed by atoms with E-state index in [9.17, 15) is 34.7 Å². The third-order valence-electron chi connectivity index (χ3n) is 4.52. The molecule has 0 aliphatic heterocycles. The fourth-order valence-electron chi connectivity index (χ4n) is 3.03. The van der Waals surface area contributed by atoms with Gasteiger partial charge in [-0.05, 0) is 12.5 Å². The van der Waals surface area contributed by atoms with Gasteiger partial charge in [-0.3, -0.25) is 14.9 Å². The second-order valence-electron chi connectivity index (χ2n) is 6.63. The van der Waals surface area contributed by atoms with E-state index in [0.717, 1.165) is 37.8 Å². The van der Waals surface area contributed by atoms with Gasteiger partial charge in [0.1, 0.15) is 11.6 Å². The van der Waals surface area contributed by atoms with Crippen molar-refractivity contribution in [3.8, 4) is 0 Å². The minimum absolute atomic E-state index is 0. The molecular formula is C19H24N4O8. The average molecular weight is 436 g/mol. The van der Waals surface area contributed by atoms with Crippen LogP contribution in [0.2, 0.25) is 0 Å². The number of carboxylic acid groups (broad SMARTS) is 2. The molecule has 12 nitrogen and oxygen atoms in total. The molecule has 0 saturated heterocycles. The van der Waals surface area contributed by atoms with Gasteiger partial charge < -0.3 is 25.6 Å². The number of unbranched alkanes of at least 4 members (excludes halogenated alkanes) is 3. The molecule has 1 amide bonds. The van der Waals surface area contributed by atoms with Crippen LogP contribution in [-0.2, 0) is 4.79 Å². The SMILES string of the molecule is CCCCCCC(C(=O)O)n1cnc(NC(=O)c2cccc([N+](=O)[O-])c2C(=O)O)c1.O. The van der Waals surface area contributed by atoms with E-state index in [1.807, 2.05) is 0 Å². The fraction of sp³-hybridized carbons (Fsp3) is 0.368. The maximum absolute atomic E-state index is 12.5. The highest BCUT2D eigenvalue weighted by Crippen LogP contribution is 2.24. The van der Waals surface area contributed by atoms with Crippen molar-refractivity contribution >= 4 is 29.4 Å². The first-order valence-corrected chi connectivity index (χ1v) is 9.34. The van der Waals surface area contributed by atoms with E-state index < -0.39 is 45.6 Å². The molecule has 0 aliphatic carbocycles. The molecule has 0 bridgehead atoms. The van der Waals surface area contributed by atoms with Gasteiger partial charge in [-0.2, -0.15) is 0 Å². The van der Waals surface area contributed by atoms with Gasteiger partial charge >= 0.3 is 11.9 Å². The second-order valence-corrected chi connectivity index (χ2v) is 6.63. The number of imidazole rings is 1. The van der Waals surface area contributed by atoms with Crippen molar-refractivity contribution in [3.63, 3.8) is 0 Å². The zero-order valence-corrected chi connectivity index (χ0v) is 16.8.